The van der Waals surface area contributed by atoms with Gasteiger partial charge in [0.25, 0.3) is 0 Å². The maximum absolute atomic E-state index is 12.2. The molecule has 0 bridgehead atoms. The number of anilines is 1. The van der Waals surface area contributed by atoms with Crippen molar-refractivity contribution in [3.8, 4) is 0 Å². The fourth-order valence-corrected chi connectivity index (χ4v) is 1.91. The number of hydrogen-bond acceptors (Lipinski definition) is 3. The molecule has 0 saturated heterocycles. The topological polar surface area (TPSA) is 59.2 Å². The second-order valence-electron chi connectivity index (χ2n) is 4.40. The van der Waals surface area contributed by atoms with Crippen LogP contribution in [-0.2, 0) is 11.2 Å². The van der Waals surface area contributed by atoms with Crippen molar-refractivity contribution in [1.29, 1.82) is 0 Å². The number of carbonyl (C=O) groups is 1. The second kappa shape index (κ2) is 6.25. The predicted molar refractivity (Wildman–Crippen MR) is 83.7 cm³/mol. The molecule has 0 unspecified atom stereocenters. The molecule has 20 heavy (non-hydrogen) atoms. The van der Waals surface area contributed by atoms with Gasteiger partial charge in [-0.2, -0.15) is 0 Å². The van der Waals surface area contributed by atoms with Crippen molar-refractivity contribution in [3.63, 3.8) is 0 Å². The van der Waals surface area contributed by atoms with Crippen LogP contribution in [-0.4, -0.2) is 22.9 Å². The smallest absolute Gasteiger partial charge is 0.231 e. The molecule has 1 aromatic carbocycles. The highest BCUT2D eigenvalue weighted by Gasteiger charge is 2.11. The van der Waals surface area contributed by atoms with Crippen molar-refractivity contribution in [2.24, 2.45) is 5.73 Å². The fraction of sp³-hybridized carbons (Fsp3) is 0.133. The summed E-state index contributed by atoms with van der Waals surface area (Å²) >= 11 is 4.89. The van der Waals surface area contributed by atoms with Crippen LogP contribution in [0.4, 0.5) is 5.69 Å². The van der Waals surface area contributed by atoms with Gasteiger partial charge in [0.05, 0.1) is 18.3 Å². The number of carbonyl (C=O) groups excluding carboxylic acids is 1. The molecule has 0 radical (unpaired) electrons. The molecule has 1 aromatic heterocycles. The number of rotatable bonds is 4. The lowest BCUT2D eigenvalue weighted by Crippen LogP contribution is -2.27. The van der Waals surface area contributed by atoms with Crippen molar-refractivity contribution >= 4 is 28.8 Å². The number of nitrogens with two attached hydrogens (primary N) is 1. The SMILES string of the molecule is CN(C(=O)Cc1ccc(C(N)=S)cc1)c1cccnc1. The van der Waals surface area contributed by atoms with Crippen LogP contribution in [0.15, 0.2) is 48.8 Å². The molecular weight excluding hydrogens is 270 g/mol. The minimum absolute atomic E-state index is 0.000995. The monoisotopic (exact) mass is 285 g/mol. The minimum Gasteiger partial charge on any atom is -0.389 e. The van der Waals surface area contributed by atoms with E-state index in [2.05, 4.69) is 4.98 Å². The van der Waals surface area contributed by atoms with Crippen molar-refractivity contribution in [1.82, 2.24) is 4.98 Å². The molecule has 102 valence electrons. The lowest BCUT2D eigenvalue weighted by molar-refractivity contribution is -0.117. The van der Waals surface area contributed by atoms with E-state index < -0.39 is 0 Å². The van der Waals surface area contributed by atoms with E-state index >= 15 is 0 Å². The van der Waals surface area contributed by atoms with Gasteiger partial charge in [-0.3, -0.25) is 9.78 Å². The molecule has 2 N–H and O–H groups in total. The van der Waals surface area contributed by atoms with E-state index in [0.717, 1.165) is 16.8 Å². The number of amides is 1. The Balaban J connectivity index is 2.06. The van der Waals surface area contributed by atoms with E-state index in [1.165, 1.54) is 0 Å². The summed E-state index contributed by atoms with van der Waals surface area (Å²) in [5, 5.41) is 0. The van der Waals surface area contributed by atoms with Crippen LogP contribution >= 0.6 is 12.2 Å². The van der Waals surface area contributed by atoms with Crippen LogP contribution in [0.25, 0.3) is 0 Å². The van der Waals surface area contributed by atoms with Gasteiger partial charge in [-0.1, -0.05) is 36.5 Å². The number of hydrogen-bond donors (Lipinski definition) is 1. The highest BCUT2D eigenvalue weighted by molar-refractivity contribution is 7.80. The average molecular weight is 285 g/mol. The molecule has 5 heteroatoms. The number of pyridine rings is 1. The summed E-state index contributed by atoms with van der Waals surface area (Å²) in [5.74, 6) is 0.000995. The summed E-state index contributed by atoms with van der Waals surface area (Å²) in [4.78, 5) is 18.1. The van der Waals surface area contributed by atoms with Crippen LogP contribution in [0.5, 0.6) is 0 Å². The lowest BCUT2D eigenvalue weighted by Gasteiger charge is -2.16. The first-order chi connectivity index (χ1) is 9.58. The quantitative estimate of drug-likeness (QED) is 0.872. The van der Waals surface area contributed by atoms with E-state index in [1.807, 2.05) is 30.3 Å². The Morgan fingerprint density at radius 2 is 2.00 bits per heavy atom. The van der Waals surface area contributed by atoms with E-state index in [-0.39, 0.29) is 5.91 Å². The zero-order valence-electron chi connectivity index (χ0n) is 11.1. The van der Waals surface area contributed by atoms with Gasteiger partial charge in [0.1, 0.15) is 4.99 Å². The highest BCUT2D eigenvalue weighted by Crippen LogP contribution is 2.12. The molecule has 1 amide bonds. The number of likely N-dealkylation sites (N-methyl/N-ethyl adjacent to an activating group) is 1. The fourth-order valence-electron chi connectivity index (χ4n) is 1.78. The Kier molecular flexibility index (Phi) is 4.42. The molecule has 0 aliphatic rings. The van der Waals surface area contributed by atoms with Gasteiger partial charge >= 0.3 is 0 Å². The summed E-state index contributed by atoms with van der Waals surface area (Å²) in [6.07, 6.45) is 3.66. The van der Waals surface area contributed by atoms with Crippen molar-refractivity contribution in [2.45, 2.75) is 6.42 Å². The predicted octanol–water partition coefficient (Wildman–Crippen LogP) is 1.92. The molecule has 0 fully saturated rings. The zero-order valence-corrected chi connectivity index (χ0v) is 11.9. The third kappa shape index (κ3) is 3.39. The van der Waals surface area contributed by atoms with Crippen LogP contribution in [0.2, 0.25) is 0 Å². The Labute approximate surface area is 123 Å². The summed E-state index contributed by atoms with van der Waals surface area (Å²) in [5.41, 5.74) is 8.04. The summed E-state index contributed by atoms with van der Waals surface area (Å²) in [6.45, 7) is 0. The number of thiocarbonyl (C=S) groups is 1. The van der Waals surface area contributed by atoms with E-state index in [0.29, 0.717) is 11.4 Å². The molecule has 0 aliphatic carbocycles. The van der Waals surface area contributed by atoms with E-state index in [1.54, 1.807) is 30.4 Å². The Morgan fingerprint density at radius 3 is 2.55 bits per heavy atom. The normalized spacial score (nSPS) is 10.1. The molecule has 2 rings (SSSR count). The largest absolute Gasteiger partial charge is 0.389 e. The molecule has 0 atom stereocenters. The first kappa shape index (κ1) is 14.1. The van der Waals surface area contributed by atoms with Crippen LogP contribution in [0.1, 0.15) is 11.1 Å². The summed E-state index contributed by atoms with van der Waals surface area (Å²) in [6, 6.07) is 11.0. The van der Waals surface area contributed by atoms with Gasteiger partial charge in [-0.15, -0.1) is 0 Å². The molecule has 1 heterocycles. The third-order valence-electron chi connectivity index (χ3n) is 3.00. The molecular formula is C15H15N3OS. The second-order valence-corrected chi connectivity index (χ2v) is 4.84. The first-order valence-electron chi connectivity index (χ1n) is 6.13. The van der Waals surface area contributed by atoms with Crippen LogP contribution < -0.4 is 10.6 Å². The Hall–Kier alpha value is -2.27. The molecule has 2 aromatic rings. The molecule has 0 saturated carbocycles. The summed E-state index contributed by atoms with van der Waals surface area (Å²) in [7, 11) is 1.74. The first-order valence-corrected chi connectivity index (χ1v) is 6.54. The van der Waals surface area contributed by atoms with Crippen LogP contribution in [0.3, 0.4) is 0 Å². The third-order valence-corrected chi connectivity index (χ3v) is 3.24. The van der Waals surface area contributed by atoms with Crippen molar-refractivity contribution in [2.75, 3.05) is 11.9 Å². The number of nitrogens with zero attached hydrogens (tertiary/aromatic N) is 2. The minimum atomic E-state index is 0.000995. The molecule has 4 nitrogen and oxygen atoms in total. The van der Waals surface area contributed by atoms with Crippen LogP contribution in [0, 0.1) is 0 Å². The van der Waals surface area contributed by atoms with Gasteiger partial charge in [0, 0.05) is 18.8 Å². The zero-order chi connectivity index (χ0) is 14.5. The van der Waals surface area contributed by atoms with Gasteiger partial charge in [0.2, 0.25) is 5.91 Å². The average Bonchev–Trinajstić information content (AvgIpc) is 2.48. The number of benzene rings is 1. The maximum atomic E-state index is 12.2. The summed E-state index contributed by atoms with van der Waals surface area (Å²) < 4.78 is 0. The standard InChI is InChI=1S/C15H15N3OS/c1-18(13-3-2-8-17-10-13)14(19)9-11-4-6-12(7-5-11)15(16)20/h2-8,10H,9H2,1H3,(H2,16,20). The van der Waals surface area contributed by atoms with Gasteiger partial charge in [-0.05, 0) is 17.7 Å². The van der Waals surface area contributed by atoms with Crippen molar-refractivity contribution in [3.05, 3.63) is 59.9 Å². The lowest BCUT2D eigenvalue weighted by atomic mass is 10.1. The van der Waals surface area contributed by atoms with Gasteiger partial charge < -0.3 is 10.6 Å². The van der Waals surface area contributed by atoms with Gasteiger partial charge in [0.15, 0.2) is 0 Å². The molecule has 0 spiro atoms. The highest BCUT2D eigenvalue weighted by atomic mass is 32.1. The molecule has 0 aliphatic heterocycles. The van der Waals surface area contributed by atoms with Crippen molar-refractivity contribution < 1.29 is 4.79 Å². The Morgan fingerprint density at radius 1 is 1.30 bits per heavy atom. The van der Waals surface area contributed by atoms with Gasteiger partial charge in [-0.25, -0.2) is 0 Å². The Bertz CT molecular complexity index is 611. The van der Waals surface area contributed by atoms with E-state index in [9.17, 15) is 4.79 Å². The number of aromatic nitrogens is 1. The van der Waals surface area contributed by atoms with E-state index in [4.69, 9.17) is 18.0 Å². The maximum Gasteiger partial charge on any atom is 0.231 e.